The molecular weight excluding hydrogens is 428 g/mol. The molecule has 0 N–H and O–H groups in total. The molecule has 0 fully saturated rings. The van der Waals surface area contributed by atoms with Gasteiger partial charge < -0.3 is 9.47 Å². The van der Waals surface area contributed by atoms with Gasteiger partial charge in [0.25, 0.3) is 11.4 Å². The lowest BCUT2D eigenvalue weighted by Crippen LogP contribution is -2.33. The molecule has 0 aliphatic carbocycles. The maximum absolute atomic E-state index is 11.4. The summed E-state index contributed by atoms with van der Waals surface area (Å²) in [5.74, 6) is 1.21. The second kappa shape index (κ2) is 7.90. The van der Waals surface area contributed by atoms with E-state index < -0.39 is 16.1 Å². The van der Waals surface area contributed by atoms with Crippen LogP contribution in [0.5, 0.6) is 11.5 Å². The fourth-order valence-electron chi connectivity index (χ4n) is 4.16. The molecule has 0 unspecified atom stereocenters. The Morgan fingerprint density at radius 1 is 1.00 bits per heavy atom. The van der Waals surface area contributed by atoms with Gasteiger partial charge in [0.2, 0.25) is 6.23 Å². The van der Waals surface area contributed by atoms with Crippen LogP contribution in [0.1, 0.15) is 35.4 Å². The van der Waals surface area contributed by atoms with Gasteiger partial charge in [-0.25, -0.2) is 5.01 Å². The van der Waals surface area contributed by atoms with Crippen LogP contribution in [0.2, 0.25) is 0 Å². The third-order valence-electron chi connectivity index (χ3n) is 5.77. The summed E-state index contributed by atoms with van der Waals surface area (Å²) in [5, 5.41) is 29.2. The van der Waals surface area contributed by atoms with Gasteiger partial charge in [-0.15, -0.1) is 0 Å². The molecule has 0 aromatic heterocycles. The molecule has 3 aromatic carbocycles. The second-order valence-electron chi connectivity index (χ2n) is 7.68. The van der Waals surface area contributed by atoms with Gasteiger partial charge in [0.1, 0.15) is 11.5 Å². The first-order chi connectivity index (χ1) is 15.9. The van der Waals surface area contributed by atoms with Crippen LogP contribution in [0.4, 0.5) is 11.4 Å². The predicted octanol–water partition coefficient (Wildman–Crippen LogP) is 4.75. The lowest BCUT2D eigenvalue weighted by Gasteiger charge is -2.38. The predicted molar refractivity (Wildman–Crippen MR) is 118 cm³/mol. The molecule has 3 aromatic rings. The molecule has 33 heavy (non-hydrogen) atoms. The van der Waals surface area contributed by atoms with Gasteiger partial charge in [0.05, 0.1) is 28.7 Å². The van der Waals surface area contributed by atoms with Crippen molar-refractivity contribution in [2.24, 2.45) is 5.10 Å². The Bertz CT molecular complexity index is 1290. The zero-order valence-electron chi connectivity index (χ0n) is 17.5. The van der Waals surface area contributed by atoms with Crippen molar-refractivity contribution in [3.05, 3.63) is 104 Å². The highest BCUT2D eigenvalue weighted by Gasteiger charge is 2.42. The number of ether oxygens (including phenoxy) is 2. The Hall–Kier alpha value is -4.47. The maximum Gasteiger partial charge on any atom is 0.270 e. The third kappa shape index (κ3) is 3.61. The molecule has 0 saturated carbocycles. The van der Waals surface area contributed by atoms with Gasteiger partial charge in [-0.2, -0.15) is 5.10 Å². The minimum absolute atomic E-state index is 0.0380. The Morgan fingerprint density at radius 3 is 2.42 bits per heavy atom. The topological polar surface area (TPSA) is 120 Å². The van der Waals surface area contributed by atoms with Gasteiger partial charge in [-0.3, -0.25) is 20.2 Å². The number of hydrazone groups is 1. The highest BCUT2D eigenvalue weighted by atomic mass is 16.6. The number of nitro benzene ring substituents is 2. The van der Waals surface area contributed by atoms with Crippen molar-refractivity contribution in [1.82, 2.24) is 5.01 Å². The van der Waals surface area contributed by atoms with E-state index in [0.717, 1.165) is 11.3 Å². The van der Waals surface area contributed by atoms with E-state index in [1.807, 2.05) is 24.3 Å². The molecule has 2 aliphatic rings. The molecule has 0 bridgehead atoms. The van der Waals surface area contributed by atoms with E-state index in [0.29, 0.717) is 29.0 Å². The number of hydrogen-bond acceptors (Lipinski definition) is 8. The zero-order valence-corrected chi connectivity index (χ0v) is 17.5. The Kier molecular flexibility index (Phi) is 4.89. The van der Waals surface area contributed by atoms with Crippen LogP contribution in [0, 0.1) is 20.2 Å². The van der Waals surface area contributed by atoms with Crippen molar-refractivity contribution in [3.8, 4) is 11.5 Å². The summed E-state index contributed by atoms with van der Waals surface area (Å²) in [6, 6.07) is 17.8. The Balaban J connectivity index is 1.60. The van der Waals surface area contributed by atoms with E-state index in [4.69, 9.17) is 14.6 Å². The molecule has 166 valence electrons. The number of nitro groups is 2. The minimum Gasteiger partial charge on any atom is -0.497 e. The van der Waals surface area contributed by atoms with Gasteiger partial charge >= 0.3 is 0 Å². The average Bonchev–Trinajstić information content (AvgIpc) is 3.29. The Morgan fingerprint density at radius 2 is 1.73 bits per heavy atom. The number of methoxy groups -OCH3 is 1. The normalized spacial score (nSPS) is 18.6. The molecular formula is C23H18N4O6. The summed E-state index contributed by atoms with van der Waals surface area (Å²) in [7, 11) is 1.59. The quantitative estimate of drug-likeness (QED) is 0.409. The number of hydrogen-bond donors (Lipinski definition) is 0. The molecule has 10 nitrogen and oxygen atoms in total. The summed E-state index contributed by atoms with van der Waals surface area (Å²) in [6.07, 6.45) is -0.227. The van der Waals surface area contributed by atoms with Crippen molar-refractivity contribution in [2.75, 3.05) is 7.11 Å². The van der Waals surface area contributed by atoms with E-state index in [9.17, 15) is 20.2 Å². The van der Waals surface area contributed by atoms with Crippen LogP contribution in [0.3, 0.4) is 0 Å². The first-order valence-electron chi connectivity index (χ1n) is 10.1. The van der Waals surface area contributed by atoms with E-state index in [1.165, 1.54) is 24.3 Å². The van der Waals surface area contributed by atoms with Crippen molar-refractivity contribution >= 4 is 17.1 Å². The molecule has 0 radical (unpaired) electrons. The monoisotopic (exact) mass is 446 g/mol. The highest BCUT2D eigenvalue weighted by Crippen LogP contribution is 2.48. The molecule has 0 spiro atoms. The van der Waals surface area contributed by atoms with E-state index in [2.05, 4.69) is 0 Å². The standard InChI is InChI=1S/C23H18N4O6/c1-32-18-8-5-14(6-9-18)20-13-21-19-12-17(27(30)31)7-10-22(19)33-23(25(21)24-20)15-3-2-4-16(11-15)26(28)29/h2-12,21,23H,13H2,1H3/t21-,23+/m1/s1. The highest BCUT2D eigenvalue weighted by molar-refractivity contribution is 6.02. The summed E-state index contributed by atoms with van der Waals surface area (Å²) in [4.78, 5) is 21.8. The third-order valence-corrected chi connectivity index (χ3v) is 5.77. The van der Waals surface area contributed by atoms with Crippen LogP contribution in [-0.4, -0.2) is 27.7 Å². The van der Waals surface area contributed by atoms with Gasteiger partial charge in [0, 0.05) is 41.8 Å². The summed E-state index contributed by atoms with van der Waals surface area (Å²) < 4.78 is 11.4. The van der Waals surface area contributed by atoms with E-state index in [1.54, 1.807) is 30.3 Å². The van der Waals surface area contributed by atoms with Crippen LogP contribution < -0.4 is 9.47 Å². The fourth-order valence-corrected chi connectivity index (χ4v) is 4.16. The number of nitrogens with zero attached hydrogens (tertiary/aromatic N) is 4. The maximum atomic E-state index is 11.4. The average molecular weight is 446 g/mol. The van der Waals surface area contributed by atoms with Crippen LogP contribution in [0.25, 0.3) is 0 Å². The van der Waals surface area contributed by atoms with E-state index in [-0.39, 0.29) is 17.4 Å². The molecule has 0 amide bonds. The van der Waals surface area contributed by atoms with Gasteiger partial charge in [-0.05, 0) is 35.9 Å². The smallest absolute Gasteiger partial charge is 0.270 e. The Labute approximate surface area is 188 Å². The van der Waals surface area contributed by atoms with Crippen LogP contribution >= 0.6 is 0 Å². The van der Waals surface area contributed by atoms with Crippen LogP contribution in [0.15, 0.2) is 71.8 Å². The molecule has 2 atom stereocenters. The van der Waals surface area contributed by atoms with Crippen molar-refractivity contribution < 1.29 is 19.3 Å². The number of benzene rings is 3. The molecule has 10 heteroatoms. The second-order valence-corrected chi connectivity index (χ2v) is 7.68. The summed E-state index contributed by atoms with van der Waals surface area (Å²) in [5.41, 5.74) is 2.79. The van der Waals surface area contributed by atoms with E-state index >= 15 is 0 Å². The SMILES string of the molecule is COc1ccc(C2=NN3[C@H](C2)c2cc([N+](=O)[O-])ccc2O[C@H]3c2cccc([N+](=O)[O-])c2)cc1. The fraction of sp³-hybridized carbons (Fsp3) is 0.174. The van der Waals surface area contributed by atoms with Crippen molar-refractivity contribution in [3.63, 3.8) is 0 Å². The zero-order chi connectivity index (χ0) is 23.1. The largest absolute Gasteiger partial charge is 0.497 e. The van der Waals surface area contributed by atoms with Crippen molar-refractivity contribution in [1.29, 1.82) is 0 Å². The van der Waals surface area contributed by atoms with Crippen LogP contribution in [-0.2, 0) is 0 Å². The molecule has 2 aliphatic heterocycles. The molecule has 5 rings (SSSR count). The van der Waals surface area contributed by atoms with Gasteiger partial charge in [-0.1, -0.05) is 12.1 Å². The first kappa shape index (κ1) is 20.4. The number of rotatable bonds is 5. The summed E-state index contributed by atoms with van der Waals surface area (Å²) in [6.45, 7) is 0. The number of fused-ring (bicyclic) bond motifs is 3. The lowest BCUT2D eigenvalue weighted by atomic mass is 9.95. The minimum atomic E-state index is -0.723. The van der Waals surface area contributed by atoms with Crippen molar-refractivity contribution in [2.45, 2.75) is 18.7 Å². The molecule has 2 heterocycles. The molecule has 0 saturated heterocycles. The number of non-ortho nitro benzene ring substituents is 2. The lowest BCUT2D eigenvalue weighted by molar-refractivity contribution is -0.385. The summed E-state index contributed by atoms with van der Waals surface area (Å²) >= 11 is 0. The van der Waals surface area contributed by atoms with Gasteiger partial charge in [0.15, 0.2) is 0 Å². The first-order valence-corrected chi connectivity index (χ1v) is 10.1.